The van der Waals surface area contributed by atoms with E-state index in [1.807, 2.05) is 17.8 Å². The molecule has 0 fully saturated rings. The second-order valence-electron chi connectivity index (χ2n) is 3.25. The Morgan fingerprint density at radius 2 is 2.20 bits per heavy atom. The molecule has 0 radical (unpaired) electrons. The summed E-state index contributed by atoms with van der Waals surface area (Å²) in [4.78, 5) is 4.22. The van der Waals surface area contributed by atoms with E-state index in [-0.39, 0.29) is 5.75 Å². The van der Waals surface area contributed by atoms with E-state index < -0.39 is 0 Å². The minimum Gasteiger partial charge on any atom is -0.504 e. The van der Waals surface area contributed by atoms with Crippen molar-refractivity contribution in [2.75, 3.05) is 7.11 Å². The summed E-state index contributed by atoms with van der Waals surface area (Å²) in [7, 11) is 3.44. The van der Waals surface area contributed by atoms with Crippen molar-refractivity contribution in [3.05, 3.63) is 30.6 Å². The predicted octanol–water partition coefficient (Wildman–Crippen LogP) is 1.80. The molecule has 78 valence electrons. The molecular weight excluding hydrogens is 192 g/mol. The molecule has 4 heteroatoms. The van der Waals surface area contributed by atoms with Crippen molar-refractivity contribution in [2.45, 2.75) is 0 Å². The van der Waals surface area contributed by atoms with Crippen molar-refractivity contribution in [1.82, 2.24) is 9.55 Å². The van der Waals surface area contributed by atoms with Crippen molar-refractivity contribution >= 4 is 0 Å². The molecule has 0 amide bonds. The van der Waals surface area contributed by atoms with Crippen molar-refractivity contribution in [3.63, 3.8) is 0 Å². The number of rotatable bonds is 2. The van der Waals surface area contributed by atoms with Gasteiger partial charge < -0.3 is 14.4 Å². The van der Waals surface area contributed by atoms with Crippen LogP contribution in [0.25, 0.3) is 11.4 Å². The van der Waals surface area contributed by atoms with Crippen molar-refractivity contribution < 1.29 is 9.84 Å². The van der Waals surface area contributed by atoms with Gasteiger partial charge in [-0.05, 0) is 18.2 Å². The Labute approximate surface area is 87.8 Å². The van der Waals surface area contributed by atoms with Gasteiger partial charge in [0.15, 0.2) is 11.5 Å². The normalized spacial score (nSPS) is 10.3. The van der Waals surface area contributed by atoms with Gasteiger partial charge in [0.05, 0.1) is 7.11 Å². The highest BCUT2D eigenvalue weighted by atomic mass is 16.5. The molecule has 0 saturated heterocycles. The lowest BCUT2D eigenvalue weighted by molar-refractivity contribution is 0.373. The van der Waals surface area contributed by atoms with Gasteiger partial charge >= 0.3 is 0 Å². The lowest BCUT2D eigenvalue weighted by atomic mass is 10.2. The molecular formula is C11H12N2O2. The second kappa shape index (κ2) is 3.65. The van der Waals surface area contributed by atoms with Gasteiger partial charge in [0.2, 0.25) is 0 Å². The molecule has 0 aliphatic rings. The van der Waals surface area contributed by atoms with Crippen molar-refractivity contribution in [3.8, 4) is 22.9 Å². The summed E-state index contributed by atoms with van der Waals surface area (Å²) in [5.74, 6) is 1.43. The van der Waals surface area contributed by atoms with Crippen LogP contribution in [0.3, 0.4) is 0 Å². The van der Waals surface area contributed by atoms with Crippen LogP contribution >= 0.6 is 0 Å². The van der Waals surface area contributed by atoms with Gasteiger partial charge in [-0.1, -0.05) is 0 Å². The highest BCUT2D eigenvalue weighted by Crippen LogP contribution is 2.30. The first kappa shape index (κ1) is 9.58. The minimum absolute atomic E-state index is 0.135. The quantitative estimate of drug-likeness (QED) is 0.811. The summed E-state index contributed by atoms with van der Waals surface area (Å²) >= 11 is 0. The fourth-order valence-electron chi connectivity index (χ4n) is 1.46. The summed E-state index contributed by atoms with van der Waals surface area (Å²) < 4.78 is 6.95. The maximum Gasteiger partial charge on any atom is 0.161 e. The van der Waals surface area contributed by atoms with Crippen LogP contribution in [0, 0.1) is 0 Å². The van der Waals surface area contributed by atoms with Crippen molar-refractivity contribution in [2.24, 2.45) is 7.05 Å². The zero-order valence-electron chi connectivity index (χ0n) is 8.64. The van der Waals surface area contributed by atoms with Crippen LogP contribution in [-0.2, 0) is 7.05 Å². The number of aromatic nitrogens is 2. The van der Waals surface area contributed by atoms with E-state index >= 15 is 0 Å². The molecule has 1 aromatic heterocycles. The second-order valence-corrected chi connectivity index (χ2v) is 3.25. The number of phenols is 1. The van der Waals surface area contributed by atoms with Crippen LogP contribution in [-0.4, -0.2) is 21.8 Å². The molecule has 0 spiro atoms. The van der Waals surface area contributed by atoms with Gasteiger partial charge in [-0.3, -0.25) is 0 Å². The van der Waals surface area contributed by atoms with E-state index in [9.17, 15) is 5.11 Å². The van der Waals surface area contributed by atoms with Gasteiger partial charge in [-0.2, -0.15) is 0 Å². The summed E-state index contributed by atoms with van der Waals surface area (Å²) in [6.07, 6.45) is 3.60. The molecule has 0 aliphatic carbocycles. The number of phenolic OH excluding ortho intramolecular Hbond substituents is 1. The topological polar surface area (TPSA) is 47.3 Å². The number of aryl methyl sites for hydroxylation is 1. The van der Waals surface area contributed by atoms with Gasteiger partial charge in [-0.25, -0.2) is 4.98 Å². The summed E-state index contributed by atoms with van der Waals surface area (Å²) in [5, 5.41) is 9.45. The average molecular weight is 204 g/mol. The Morgan fingerprint density at radius 1 is 1.40 bits per heavy atom. The molecule has 0 saturated carbocycles. The third kappa shape index (κ3) is 1.66. The molecule has 2 rings (SSSR count). The Hall–Kier alpha value is -1.97. The highest BCUT2D eigenvalue weighted by molar-refractivity contribution is 5.61. The lowest BCUT2D eigenvalue weighted by Gasteiger charge is -2.06. The molecule has 0 aliphatic heterocycles. The molecule has 1 heterocycles. The number of methoxy groups -OCH3 is 1. The van der Waals surface area contributed by atoms with Crippen LogP contribution in [0.5, 0.6) is 11.5 Å². The first-order valence-corrected chi connectivity index (χ1v) is 4.57. The van der Waals surface area contributed by atoms with Crippen LogP contribution in [0.15, 0.2) is 30.6 Å². The summed E-state index contributed by atoms with van der Waals surface area (Å²) in [6.45, 7) is 0. The third-order valence-electron chi connectivity index (χ3n) is 2.26. The lowest BCUT2D eigenvalue weighted by Crippen LogP contribution is -1.92. The first-order chi connectivity index (χ1) is 7.22. The molecule has 4 nitrogen and oxygen atoms in total. The molecule has 2 aromatic rings. The molecule has 1 N–H and O–H groups in total. The summed E-state index contributed by atoms with van der Waals surface area (Å²) in [6, 6.07) is 5.17. The Balaban J connectivity index is 2.51. The largest absolute Gasteiger partial charge is 0.504 e. The molecule has 1 aromatic carbocycles. The number of hydrogen-bond donors (Lipinski definition) is 1. The van der Waals surface area contributed by atoms with E-state index in [0.29, 0.717) is 5.75 Å². The Morgan fingerprint density at radius 3 is 2.80 bits per heavy atom. The highest BCUT2D eigenvalue weighted by Gasteiger charge is 2.07. The Bertz CT molecular complexity index is 477. The van der Waals surface area contributed by atoms with Crippen LogP contribution in [0.1, 0.15) is 0 Å². The number of imidazole rings is 1. The first-order valence-electron chi connectivity index (χ1n) is 4.57. The van der Waals surface area contributed by atoms with E-state index in [1.54, 1.807) is 24.4 Å². The van der Waals surface area contributed by atoms with Gasteiger partial charge in [0.25, 0.3) is 0 Å². The standard InChI is InChI=1S/C11H12N2O2/c1-13-6-5-12-11(13)8-3-4-9(14)10(7-8)15-2/h3-7,14H,1-2H3. The summed E-state index contributed by atoms with van der Waals surface area (Å²) in [5.41, 5.74) is 0.914. The van der Waals surface area contributed by atoms with Crippen molar-refractivity contribution in [1.29, 1.82) is 0 Å². The monoisotopic (exact) mass is 204 g/mol. The zero-order valence-corrected chi connectivity index (χ0v) is 8.64. The van der Waals surface area contributed by atoms with E-state index in [2.05, 4.69) is 4.98 Å². The van der Waals surface area contributed by atoms with E-state index in [1.165, 1.54) is 7.11 Å². The fourth-order valence-corrected chi connectivity index (χ4v) is 1.46. The molecule has 0 atom stereocenters. The SMILES string of the molecule is COc1cc(-c2nccn2C)ccc1O. The van der Waals surface area contributed by atoms with Gasteiger partial charge in [0.1, 0.15) is 5.82 Å². The zero-order chi connectivity index (χ0) is 10.8. The fraction of sp³-hybridized carbons (Fsp3) is 0.182. The molecule has 0 unspecified atom stereocenters. The van der Waals surface area contributed by atoms with Crippen LogP contribution in [0.2, 0.25) is 0 Å². The minimum atomic E-state index is 0.135. The van der Waals surface area contributed by atoms with Gasteiger partial charge in [0, 0.05) is 25.0 Å². The number of hydrogen-bond acceptors (Lipinski definition) is 3. The van der Waals surface area contributed by atoms with E-state index in [0.717, 1.165) is 11.4 Å². The van der Waals surface area contributed by atoms with Crippen LogP contribution in [0.4, 0.5) is 0 Å². The number of ether oxygens (including phenoxy) is 1. The van der Waals surface area contributed by atoms with Gasteiger partial charge in [-0.15, -0.1) is 0 Å². The molecule has 15 heavy (non-hydrogen) atoms. The van der Waals surface area contributed by atoms with Crippen LogP contribution < -0.4 is 4.74 Å². The number of benzene rings is 1. The average Bonchev–Trinajstić information content (AvgIpc) is 2.65. The smallest absolute Gasteiger partial charge is 0.161 e. The Kier molecular flexibility index (Phi) is 2.33. The number of aromatic hydroxyl groups is 1. The maximum atomic E-state index is 9.45. The third-order valence-corrected chi connectivity index (χ3v) is 2.26. The maximum absolute atomic E-state index is 9.45. The van der Waals surface area contributed by atoms with E-state index in [4.69, 9.17) is 4.74 Å². The molecule has 0 bridgehead atoms. The predicted molar refractivity (Wildman–Crippen MR) is 56.9 cm³/mol. The number of nitrogens with zero attached hydrogens (tertiary/aromatic N) is 2.